The number of nitrogens with zero attached hydrogens (tertiary/aromatic N) is 5. The zero-order valence-corrected chi connectivity index (χ0v) is 14.9. The molecule has 0 unspecified atom stereocenters. The summed E-state index contributed by atoms with van der Waals surface area (Å²) in [5.74, 6) is 1.31. The van der Waals surface area contributed by atoms with Crippen molar-refractivity contribution in [2.75, 3.05) is 18.4 Å². The Morgan fingerprint density at radius 3 is 2.78 bits per heavy atom. The van der Waals surface area contributed by atoms with E-state index < -0.39 is 0 Å². The van der Waals surface area contributed by atoms with E-state index in [9.17, 15) is 4.39 Å². The van der Waals surface area contributed by atoms with E-state index in [0.717, 1.165) is 43.7 Å². The minimum Gasteiger partial charge on any atom is -0.307 e. The van der Waals surface area contributed by atoms with Gasteiger partial charge in [-0.1, -0.05) is 12.1 Å². The molecule has 4 rings (SSSR count). The fraction of sp³-hybridized carbons (Fsp3) is 0.300. The van der Waals surface area contributed by atoms with Crippen LogP contribution in [-0.2, 0) is 6.54 Å². The quantitative estimate of drug-likeness (QED) is 0.747. The predicted molar refractivity (Wildman–Crippen MR) is 101 cm³/mol. The third-order valence-electron chi connectivity index (χ3n) is 4.72. The van der Waals surface area contributed by atoms with Crippen LogP contribution < -0.4 is 5.32 Å². The Morgan fingerprint density at radius 1 is 1.07 bits per heavy atom. The first-order valence-corrected chi connectivity index (χ1v) is 9.09. The molecular weight excluding hydrogens is 343 g/mol. The molecule has 1 aliphatic heterocycles. The second-order valence-corrected chi connectivity index (χ2v) is 6.72. The Labute approximate surface area is 157 Å². The number of piperidine rings is 1. The van der Waals surface area contributed by atoms with Crippen LogP contribution in [0.2, 0.25) is 0 Å². The molecule has 1 atom stereocenters. The van der Waals surface area contributed by atoms with Crippen molar-refractivity contribution >= 4 is 11.8 Å². The second-order valence-electron chi connectivity index (χ2n) is 6.72. The number of benzene rings is 1. The fourth-order valence-corrected chi connectivity index (χ4v) is 3.43. The molecule has 27 heavy (non-hydrogen) atoms. The van der Waals surface area contributed by atoms with Crippen molar-refractivity contribution in [2.24, 2.45) is 0 Å². The van der Waals surface area contributed by atoms with Crippen LogP contribution in [0.15, 0.2) is 55.1 Å². The Kier molecular flexibility index (Phi) is 5.29. The standard InChI is InChI=1S/C20H21FN6/c21-17-5-3-15(4-6-17)13-27-11-1-2-16(14-27)18-7-8-24-20(25-18)26-19-12-22-9-10-23-19/h3-10,12,16H,1-2,11,13-14H2,(H,23,24,25,26)/t16-/m0/s1. The topological polar surface area (TPSA) is 66.8 Å². The molecule has 1 N–H and O–H groups in total. The highest BCUT2D eigenvalue weighted by molar-refractivity contribution is 5.45. The van der Waals surface area contributed by atoms with Crippen LogP contribution in [0, 0.1) is 5.82 Å². The monoisotopic (exact) mass is 364 g/mol. The third kappa shape index (κ3) is 4.62. The van der Waals surface area contributed by atoms with Crippen molar-refractivity contribution < 1.29 is 4.39 Å². The number of likely N-dealkylation sites (tertiary alicyclic amines) is 1. The smallest absolute Gasteiger partial charge is 0.228 e. The van der Waals surface area contributed by atoms with Gasteiger partial charge in [0.05, 0.1) is 11.9 Å². The van der Waals surface area contributed by atoms with Crippen LogP contribution >= 0.6 is 0 Å². The minimum absolute atomic E-state index is 0.195. The van der Waals surface area contributed by atoms with E-state index in [-0.39, 0.29) is 5.82 Å². The van der Waals surface area contributed by atoms with Crippen molar-refractivity contribution in [2.45, 2.75) is 25.3 Å². The summed E-state index contributed by atoms with van der Waals surface area (Å²) in [6.07, 6.45) is 8.88. The van der Waals surface area contributed by atoms with Crippen LogP contribution in [0.1, 0.15) is 30.0 Å². The van der Waals surface area contributed by atoms with Gasteiger partial charge in [0.1, 0.15) is 5.82 Å². The molecule has 0 radical (unpaired) electrons. The van der Waals surface area contributed by atoms with E-state index in [1.54, 1.807) is 24.8 Å². The van der Waals surface area contributed by atoms with Crippen LogP contribution in [-0.4, -0.2) is 37.9 Å². The molecule has 0 amide bonds. The summed E-state index contributed by atoms with van der Waals surface area (Å²) in [5, 5.41) is 3.09. The zero-order valence-electron chi connectivity index (χ0n) is 14.9. The second kappa shape index (κ2) is 8.18. The van der Waals surface area contributed by atoms with Crippen molar-refractivity contribution in [3.05, 3.63) is 72.2 Å². The summed E-state index contributed by atoms with van der Waals surface area (Å²) in [6, 6.07) is 8.73. The maximum absolute atomic E-state index is 13.1. The van der Waals surface area contributed by atoms with Crippen LogP contribution in [0.5, 0.6) is 0 Å². The van der Waals surface area contributed by atoms with E-state index in [0.29, 0.717) is 17.7 Å². The molecule has 1 aromatic carbocycles. The number of anilines is 2. The maximum atomic E-state index is 13.1. The van der Waals surface area contributed by atoms with Gasteiger partial charge in [-0.25, -0.2) is 19.3 Å². The summed E-state index contributed by atoms with van der Waals surface area (Å²) in [6.45, 7) is 2.80. The van der Waals surface area contributed by atoms with E-state index in [1.165, 1.54) is 12.1 Å². The van der Waals surface area contributed by atoms with E-state index in [1.807, 2.05) is 18.2 Å². The Hall–Kier alpha value is -2.93. The van der Waals surface area contributed by atoms with E-state index >= 15 is 0 Å². The van der Waals surface area contributed by atoms with Gasteiger partial charge in [-0.15, -0.1) is 0 Å². The molecular formula is C20H21FN6. The first-order valence-electron chi connectivity index (χ1n) is 9.09. The lowest BCUT2D eigenvalue weighted by molar-refractivity contribution is 0.198. The minimum atomic E-state index is -0.195. The average molecular weight is 364 g/mol. The zero-order chi connectivity index (χ0) is 18.5. The highest BCUT2D eigenvalue weighted by Crippen LogP contribution is 2.27. The molecule has 1 aliphatic rings. The molecule has 0 spiro atoms. The number of aromatic nitrogens is 4. The lowest BCUT2D eigenvalue weighted by Crippen LogP contribution is -2.34. The summed E-state index contributed by atoms with van der Waals surface area (Å²) in [4.78, 5) is 19.6. The van der Waals surface area contributed by atoms with Gasteiger partial charge in [0, 0.05) is 37.6 Å². The first kappa shape index (κ1) is 17.5. The Balaban J connectivity index is 1.43. The Bertz CT molecular complexity index is 871. The number of hydrogen-bond donors (Lipinski definition) is 1. The molecule has 1 fully saturated rings. The first-order chi connectivity index (χ1) is 13.3. The van der Waals surface area contributed by atoms with E-state index in [4.69, 9.17) is 0 Å². The van der Waals surface area contributed by atoms with Crippen molar-refractivity contribution in [1.82, 2.24) is 24.8 Å². The predicted octanol–water partition coefficient (Wildman–Crippen LogP) is 3.53. The van der Waals surface area contributed by atoms with Gasteiger partial charge in [0.25, 0.3) is 0 Å². The molecule has 7 heteroatoms. The molecule has 0 bridgehead atoms. The lowest BCUT2D eigenvalue weighted by Gasteiger charge is -2.32. The van der Waals surface area contributed by atoms with Gasteiger partial charge < -0.3 is 5.32 Å². The van der Waals surface area contributed by atoms with E-state index in [2.05, 4.69) is 30.2 Å². The SMILES string of the molecule is Fc1ccc(CN2CCC[C@H](c3ccnc(Nc4cnccn4)n3)C2)cc1. The molecule has 6 nitrogen and oxygen atoms in total. The van der Waals surface area contributed by atoms with Crippen molar-refractivity contribution in [3.8, 4) is 0 Å². The highest BCUT2D eigenvalue weighted by atomic mass is 19.1. The van der Waals surface area contributed by atoms with Gasteiger partial charge >= 0.3 is 0 Å². The van der Waals surface area contributed by atoms with Gasteiger partial charge in [0.2, 0.25) is 5.95 Å². The van der Waals surface area contributed by atoms with Crippen molar-refractivity contribution in [3.63, 3.8) is 0 Å². The normalized spacial score (nSPS) is 17.6. The Morgan fingerprint density at radius 2 is 1.96 bits per heavy atom. The molecule has 1 saturated heterocycles. The number of hydrogen-bond acceptors (Lipinski definition) is 6. The number of rotatable bonds is 5. The van der Waals surface area contributed by atoms with Gasteiger partial charge in [0.15, 0.2) is 5.82 Å². The average Bonchev–Trinajstić information content (AvgIpc) is 2.71. The molecule has 3 heterocycles. The molecule has 0 aliphatic carbocycles. The molecule has 3 aromatic rings. The number of halogens is 1. The molecule has 138 valence electrons. The largest absolute Gasteiger partial charge is 0.307 e. The summed E-state index contributed by atoms with van der Waals surface area (Å²) in [5.41, 5.74) is 2.16. The highest BCUT2D eigenvalue weighted by Gasteiger charge is 2.23. The van der Waals surface area contributed by atoms with Crippen LogP contribution in [0.3, 0.4) is 0 Å². The summed E-state index contributed by atoms with van der Waals surface area (Å²) < 4.78 is 13.1. The molecule has 0 saturated carbocycles. The van der Waals surface area contributed by atoms with Crippen LogP contribution in [0.25, 0.3) is 0 Å². The van der Waals surface area contributed by atoms with Crippen LogP contribution in [0.4, 0.5) is 16.2 Å². The van der Waals surface area contributed by atoms with Gasteiger partial charge in [-0.3, -0.25) is 9.88 Å². The fourth-order valence-electron chi connectivity index (χ4n) is 3.43. The van der Waals surface area contributed by atoms with Gasteiger partial charge in [-0.05, 0) is 43.1 Å². The maximum Gasteiger partial charge on any atom is 0.228 e. The number of nitrogens with one attached hydrogen (secondary N) is 1. The third-order valence-corrected chi connectivity index (χ3v) is 4.72. The van der Waals surface area contributed by atoms with Crippen molar-refractivity contribution in [1.29, 1.82) is 0 Å². The molecule has 2 aromatic heterocycles. The summed E-state index contributed by atoms with van der Waals surface area (Å²) in [7, 11) is 0. The van der Waals surface area contributed by atoms with Gasteiger partial charge in [-0.2, -0.15) is 0 Å². The summed E-state index contributed by atoms with van der Waals surface area (Å²) >= 11 is 0. The lowest BCUT2D eigenvalue weighted by atomic mass is 9.94.